The van der Waals surface area contributed by atoms with Crippen LogP contribution < -0.4 is 15.1 Å². The highest BCUT2D eigenvalue weighted by Crippen LogP contribution is 2.54. The molecule has 2 aliphatic heterocycles. The maximum absolute atomic E-state index is 13.8. The Morgan fingerprint density at radius 1 is 1.00 bits per heavy atom. The van der Waals surface area contributed by atoms with Gasteiger partial charge >= 0.3 is 4.87 Å². The van der Waals surface area contributed by atoms with Gasteiger partial charge in [0.1, 0.15) is 11.8 Å². The van der Waals surface area contributed by atoms with Gasteiger partial charge in [0.2, 0.25) is 17.7 Å². The average molecular weight is 582 g/mol. The van der Waals surface area contributed by atoms with Crippen LogP contribution in [0.25, 0.3) is 0 Å². The third-order valence-corrected chi connectivity index (χ3v) is 10.5. The van der Waals surface area contributed by atoms with E-state index < -0.39 is 17.1 Å². The number of benzene rings is 2. The Morgan fingerprint density at radius 3 is 2.47 bits per heavy atom. The predicted octanol–water partition coefficient (Wildman–Crippen LogP) is 5.37. The van der Waals surface area contributed by atoms with E-state index in [0.29, 0.717) is 26.3 Å². The molecule has 0 saturated carbocycles. The number of nitrogens with zero attached hydrogens (tertiary/aromatic N) is 2. The summed E-state index contributed by atoms with van der Waals surface area (Å²) in [6, 6.07) is 17.8. The predicted molar refractivity (Wildman–Crippen MR) is 152 cm³/mol. The molecular weight excluding hydrogens is 562 g/mol. The number of anilines is 2. The third-order valence-electron chi connectivity index (χ3n) is 6.70. The molecule has 4 heterocycles. The van der Waals surface area contributed by atoms with Crippen molar-refractivity contribution in [2.45, 2.75) is 29.7 Å². The van der Waals surface area contributed by atoms with E-state index in [4.69, 9.17) is 11.6 Å². The lowest BCUT2D eigenvalue weighted by molar-refractivity contribution is -0.122. The summed E-state index contributed by atoms with van der Waals surface area (Å²) >= 11 is 9.75. The lowest BCUT2D eigenvalue weighted by atomic mass is 9.87. The van der Waals surface area contributed by atoms with Crippen molar-refractivity contribution >= 4 is 75.1 Å². The Hall–Kier alpha value is -3.18. The highest BCUT2D eigenvalue weighted by atomic mass is 35.5. The van der Waals surface area contributed by atoms with Gasteiger partial charge in [0.05, 0.1) is 16.6 Å². The molecule has 2 aromatic heterocycles. The SMILES string of the molecule is Cc1ccccc1NC(=O)Cn1c2c(sc1=O)[C@@H](c1cccs1)[C@@H]1C(=O)N(c3ccc(Cl)cc3)C(=O)[C@@H]1S2. The second-order valence-corrected chi connectivity index (χ2v) is 12.6. The third kappa shape index (κ3) is 4.21. The minimum Gasteiger partial charge on any atom is -0.324 e. The number of thioether (sulfide) groups is 1. The number of amides is 3. The van der Waals surface area contributed by atoms with Crippen molar-refractivity contribution in [1.82, 2.24) is 4.57 Å². The number of imide groups is 1. The van der Waals surface area contributed by atoms with Crippen molar-refractivity contribution < 1.29 is 14.4 Å². The van der Waals surface area contributed by atoms with Crippen molar-refractivity contribution in [3.8, 4) is 0 Å². The van der Waals surface area contributed by atoms with Crippen molar-refractivity contribution in [2.75, 3.05) is 10.2 Å². The molecule has 0 bridgehead atoms. The summed E-state index contributed by atoms with van der Waals surface area (Å²) in [4.78, 5) is 56.1. The van der Waals surface area contributed by atoms with Crippen LogP contribution in [0.2, 0.25) is 5.02 Å². The number of thiazole rings is 1. The van der Waals surface area contributed by atoms with Crippen molar-refractivity contribution in [1.29, 1.82) is 0 Å². The number of carbonyl (C=O) groups is 3. The Morgan fingerprint density at radius 2 is 1.76 bits per heavy atom. The van der Waals surface area contributed by atoms with Crippen LogP contribution in [0.3, 0.4) is 0 Å². The number of aromatic nitrogens is 1. The first-order chi connectivity index (χ1) is 18.3. The van der Waals surface area contributed by atoms with Gasteiger partial charge in [-0.05, 0) is 54.3 Å². The fraction of sp³-hybridized carbons (Fsp3) is 0.185. The van der Waals surface area contributed by atoms with Crippen molar-refractivity contribution in [3.63, 3.8) is 0 Å². The van der Waals surface area contributed by atoms with E-state index in [2.05, 4.69) is 5.32 Å². The molecule has 11 heteroatoms. The lowest BCUT2D eigenvalue weighted by Gasteiger charge is -2.29. The minimum absolute atomic E-state index is 0.191. The normalized spacial score (nSPS) is 20.4. The van der Waals surface area contributed by atoms with Crippen molar-refractivity contribution in [3.05, 3.63) is 96.1 Å². The lowest BCUT2D eigenvalue weighted by Crippen LogP contribution is -2.32. The monoisotopic (exact) mass is 581 g/mol. The number of halogens is 1. The molecule has 1 fully saturated rings. The number of thiophene rings is 1. The van der Waals surface area contributed by atoms with E-state index in [9.17, 15) is 19.2 Å². The minimum atomic E-state index is -0.725. The van der Waals surface area contributed by atoms with Crippen LogP contribution in [0.4, 0.5) is 11.4 Å². The zero-order valence-corrected chi connectivity index (χ0v) is 23.1. The summed E-state index contributed by atoms with van der Waals surface area (Å²) in [5.74, 6) is -2.10. The molecule has 3 atom stereocenters. The zero-order chi connectivity index (χ0) is 26.6. The van der Waals surface area contributed by atoms with Crippen molar-refractivity contribution in [2.24, 2.45) is 5.92 Å². The molecule has 0 spiro atoms. The van der Waals surface area contributed by atoms with Gasteiger partial charge < -0.3 is 5.32 Å². The number of aryl methyl sites for hydroxylation is 1. The number of nitrogens with one attached hydrogen (secondary N) is 1. The standard InChI is InChI=1S/C27H20ClN3O4S3/c1-14-5-2-3-6-17(14)29-19(32)13-30-26-23(38-27(30)35)20(18-7-4-12-36-18)21-22(37-26)25(34)31(24(21)33)16-10-8-15(28)9-11-16/h2-12,20-22H,13H2,1H3,(H,29,32)/t20-,21-,22+/m0/s1. The summed E-state index contributed by atoms with van der Waals surface area (Å²) in [6.07, 6.45) is 0. The molecule has 0 radical (unpaired) electrons. The van der Waals surface area contributed by atoms with E-state index in [1.165, 1.54) is 32.6 Å². The first kappa shape index (κ1) is 25.1. The number of fused-ring (bicyclic) bond motifs is 2. The van der Waals surface area contributed by atoms with E-state index >= 15 is 0 Å². The molecular formula is C27H20ClN3O4S3. The fourth-order valence-corrected chi connectivity index (χ4v) is 8.77. The van der Waals surface area contributed by atoms with Crippen LogP contribution in [-0.2, 0) is 20.9 Å². The second-order valence-electron chi connectivity index (χ2n) is 9.03. The van der Waals surface area contributed by atoms with Gasteiger partial charge in [-0.25, -0.2) is 4.90 Å². The number of para-hydroxylation sites is 1. The van der Waals surface area contributed by atoms with Crippen LogP contribution in [-0.4, -0.2) is 27.5 Å². The number of carbonyl (C=O) groups excluding carboxylic acids is 3. The highest BCUT2D eigenvalue weighted by Gasteiger charge is 2.57. The quantitative estimate of drug-likeness (QED) is 0.320. The summed E-state index contributed by atoms with van der Waals surface area (Å²) in [7, 11) is 0. The van der Waals surface area contributed by atoms with E-state index in [0.717, 1.165) is 21.8 Å². The summed E-state index contributed by atoms with van der Waals surface area (Å²) < 4.78 is 1.43. The van der Waals surface area contributed by atoms with Gasteiger partial charge in [-0.1, -0.05) is 59.0 Å². The molecule has 2 aliphatic rings. The Balaban J connectivity index is 1.39. The molecule has 1 N–H and O–H groups in total. The highest BCUT2D eigenvalue weighted by molar-refractivity contribution is 8.00. The first-order valence-electron chi connectivity index (χ1n) is 11.8. The fourth-order valence-electron chi connectivity index (χ4n) is 4.92. The van der Waals surface area contributed by atoms with Gasteiger partial charge in [-0.3, -0.25) is 23.7 Å². The maximum Gasteiger partial charge on any atom is 0.308 e. The summed E-state index contributed by atoms with van der Waals surface area (Å²) in [6.45, 7) is 1.70. The topological polar surface area (TPSA) is 88.5 Å². The first-order valence-corrected chi connectivity index (χ1v) is 14.7. The van der Waals surface area contributed by atoms with Gasteiger partial charge in [-0.2, -0.15) is 0 Å². The van der Waals surface area contributed by atoms with Crippen LogP contribution in [0.1, 0.15) is 21.2 Å². The van der Waals surface area contributed by atoms with Crippen LogP contribution in [0, 0.1) is 12.8 Å². The molecule has 0 unspecified atom stereocenters. The molecule has 1 saturated heterocycles. The maximum atomic E-state index is 13.8. The summed E-state index contributed by atoms with van der Waals surface area (Å²) in [5.41, 5.74) is 2.05. The van der Waals surface area contributed by atoms with E-state index in [-0.39, 0.29) is 29.1 Å². The number of hydrogen-bond donors (Lipinski definition) is 1. The largest absolute Gasteiger partial charge is 0.324 e. The van der Waals surface area contributed by atoms with Crippen LogP contribution in [0.15, 0.2) is 75.9 Å². The van der Waals surface area contributed by atoms with Crippen LogP contribution >= 0.6 is 46.0 Å². The molecule has 4 aromatic rings. The van der Waals surface area contributed by atoms with Gasteiger partial charge in [0, 0.05) is 26.4 Å². The van der Waals surface area contributed by atoms with E-state index in [1.54, 1.807) is 30.3 Å². The molecule has 7 nitrogen and oxygen atoms in total. The number of rotatable bonds is 5. The second kappa shape index (κ2) is 9.85. The molecule has 2 aromatic carbocycles. The average Bonchev–Trinajstić information content (AvgIpc) is 3.59. The van der Waals surface area contributed by atoms with Gasteiger partial charge in [0.15, 0.2) is 0 Å². The smallest absolute Gasteiger partial charge is 0.308 e. The van der Waals surface area contributed by atoms with E-state index in [1.807, 2.05) is 42.6 Å². The Kier molecular flexibility index (Phi) is 6.51. The van der Waals surface area contributed by atoms with Crippen LogP contribution in [0.5, 0.6) is 0 Å². The number of hydrogen-bond acceptors (Lipinski definition) is 7. The Bertz CT molecular complexity index is 1630. The molecule has 6 rings (SSSR count). The molecule has 192 valence electrons. The van der Waals surface area contributed by atoms with Gasteiger partial charge in [-0.15, -0.1) is 11.3 Å². The summed E-state index contributed by atoms with van der Waals surface area (Å²) in [5, 5.41) is 5.14. The molecule has 0 aliphatic carbocycles. The van der Waals surface area contributed by atoms with Gasteiger partial charge in [0.25, 0.3) is 0 Å². The zero-order valence-electron chi connectivity index (χ0n) is 19.9. The molecule has 38 heavy (non-hydrogen) atoms. The molecule has 3 amide bonds. The Labute approximate surface area is 235 Å².